The fraction of sp³-hybridized carbons (Fsp3) is 0.182. The van der Waals surface area contributed by atoms with E-state index in [0.717, 1.165) is 21.3 Å². The van der Waals surface area contributed by atoms with Crippen molar-refractivity contribution < 1.29 is 0 Å². The van der Waals surface area contributed by atoms with Crippen LogP contribution < -0.4 is 16.7 Å². The molecule has 4 rings (SSSR count). The molecule has 0 aliphatic rings. The number of rotatable bonds is 5. The molecule has 0 saturated heterocycles. The summed E-state index contributed by atoms with van der Waals surface area (Å²) in [5.41, 5.74) is 5.68. The Kier molecular flexibility index (Phi) is 5.48. The van der Waals surface area contributed by atoms with Gasteiger partial charge in [-0.15, -0.1) is 0 Å². The summed E-state index contributed by atoms with van der Waals surface area (Å²) in [5.74, 6) is 0.360. The van der Waals surface area contributed by atoms with Crippen LogP contribution in [0.3, 0.4) is 0 Å². The molecule has 1 N–H and O–H groups in total. The predicted molar refractivity (Wildman–Crippen MR) is 123 cm³/mol. The summed E-state index contributed by atoms with van der Waals surface area (Å²) >= 11 is 5.92. The third kappa shape index (κ3) is 4.02. The molecule has 31 heavy (non-hydrogen) atoms. The molecule has 0 fully saturated rings. The summed E-state index contributed by atoms with van der Waals surface area (Å²) in [7, 11) is 3.05. The minimum atomic E-state index is -0.436. The normalized spacial score (nSPS) is 11.5. The second kappa shape index (κ2) is 8.23. The lowest BCUT2D eigenvalue weighted by molar-refractivity contribution is 0.702. The van der Waals surface area contributed by atoms with Crippen molar-refractivity contribution >= 4 is 34.9 Å². The summed E-state index contributed by atoms with van der Waals surface area (Å²) in [4.78, 5) is 29.8. The number of fused-ring (bicyclic) bond motifs is 1. The average molecular weight is 437 g/mol. The number of anilines is 1. The van der Waals surface area contributed by atoms with Crippen molar-refractivity contribution in [3.63, 3.8) is 0 Å². The zero-order valence-electron chi connectivity index (χ0n) is 17.3. The number of nitrogens with one attached hydrogen (secondary N) is 1. The molecule has 0 radical (unpaired) electrons. The SMILES string of the molecule is Cc1ccc(Cn2c(NN=Cc3ccc(Cl)cc3)nc3c2c(=O)n(C)c(=O)n3C)cc1. The molecule has 0 amide bonds. The van der Waals surface area contributed by atoms with Gasteiger partial charge in [0.25, 0.3) is 5.56 Å². The standard InChI is InChI=1S/C22H21ClN6O2/c1-14-4-6-16(7-5-14)13-29-18-19(27(2)22(31)28(3)20(18)30)25-21(29)26-24-12-15-8-10-17(23)11-9-15/h4-12H,13H2,1-3H3,(H,25,26). The third-order valence-corrected chi connectivity index (χ3v) is 5.31. The first-order valence-electron chi connectivity index (χ1n) is 9.61. The van der Waals surface area contributed by atoms with E-state index in [1.165, 1.54) is 11.6 Å². The van der Waals surface area contributed by atoms with Crippen LogP contribution in [0.4, 0.5) is 5.95 Å². The van der Waals surface area contributed by atoms with Crippen molar-refractivity contribution in [2.24, 2.45) is 19.2 Å². The largest absolute Gasteiger partial charge is 0.332 e. The quantitative estimate of drug-likeness (QED) is 0.385. The molecule has 0 atom stereocenters. The van der Waals surface area contributed by atoms with Gasteiger partial charge in [-0.1, -0.05) is 53.6 Å². The van der Waals surface area contributed by atoms with Gasteiger partial charge in [-0.05, 0) is 30.2 Å². The van der Waals surface area contributed by atoms with Gasteiger partial charge in [0.15, 0.2) is 11.2 Å². The highest BCUT2D eigenvalue weighted by molar-refractivity contribution is 6.30. The summed E-state index contributed by atoms with van der Waals surface area (Å²) in [6.07, 6.45) is 1.63. The molecule has 0 aliphatic carbocycles. The number of nitrogens with zero attached hydrogens (tertiary/aromatic N) is 5. The lowest BCUT2D eigenvalue weighted by Gasteiger charge is -2.09. The molecular formula is C22H21ClN6O2. The van der Waals surface area contributed by atoms with E-state index in [1.54, 1.807) is 30.0 Å². The average Bonchev–Trinajstić information content (AvgIpc) is 3.12. The summed E-state index contributed by atoms with van der Waals surface area (Å²) in [5, 5.41) is 4.90. The Bertz CT molecular complexity index is 1400. The highest BCUT2D eigenvalue weighted by atomic mass is 35.5. The monoisotopic (exact) mass is 436 g/mol. The van der Waals surface area contributed by atoms with Crippen LogP contribution in [-0.4, -0.2) is 24.9 Å². The fourth-order valence-corrected chi connectivity index (χ4v) is 3.40. The molecule has 158 valence electrons. The van der Waals surface area contributed by atoms with Gasteiger partial charge in [-0.25, -0.2) is 10.2 Å². The van der Waals surface area contributed by atoms with Gasteiger partial charge >= 0.3 is 5.69 Å². The molecule has 8 nitrogen and oxygen atoms in total. The number of halogens is 1. The first kappa shape index (κ1) is 20.6. The summed E-state index contributed by atoms with van der Waals surface area (Å²) in [6, 6.07) is 15.2. The van der Waals surface area contributed by atoms with E-state index in [2.05, 4.69) is 15.5 Å². The zero-order valence-corrected chi connectivity index (χ0v) is 18.1. The van der Waals surface area contributed by atoms with Crippen molar-refractivity contribution in [3.05, 3.63) is 91.1 Å². The molecule has 0 saturated carbocycles. The molecule has 0 aliphatic heterocycles. The highest BCUT2D eigenvalue weighted by Gasteiger charge is 2.19. The molecule has 2 heterocycles. The maximum Gasteiger partial charge on any atom is 0.332 e. The van der Waals surface area contributed by atoms with E-state index >= 15 is 0 Å². The first-order chi connectivity index (χ1) is 14.8. The van der Waals surface area contributed by atoms with Crippen LogP contribution in [-0.2, 0) is 20.6 Å². The van der Waals surface area contributed by atoms with Gasteiger partial charge < -0.3 is 0 Å². The van der Waals surface area contributed by atoms with Gasteiger partial charge in [0.2, 0.25) is 5.95 Å². The Hall–Kier alpha value is -3.65. The highest BCUT2D eigenvalue weighted by Crippen LogP contribution is 2.18. The molecule has 4 aromatic rings. The number of hydrogen-bond donors (Lipinski definition) is 1. The Morgan fingerprint density at radius 1 is 1.03 bits per heavy atom. The van der Waals surface area contributed by atoms with Crippen LogP contribution in [0.1, 0.15) is 16.7 Å². The van der Waals surface area contributed by atoms with Gasteiger partial charge in [0.05, 0.1) is 12.8 Å². The van der Waals surface area contributed by atoms with E-state index in [9.17, 15) is 9.59 Å². The smallest absolute Gasteiger partial charge is 0.298 e. The molecule has 2 aromatic heterocycles. The minimum absolute atomic E-state index is 0.296. The molecular weight excluding hydrogens is 416 g/mol. The van der Waals surface area contributed by atoms with Crippen LogP contribution in [0.15, 0.2) is 63.2 Å². The van der Waals surface area contributed by atoms with Crippen LogP contribution >= 0.6 is 11.6 Å². The van der Waals surface area contributed by atoms with Gasteiger partial charge in [-0.3, -0.25) is 18.5 Å². The van der Waals surface area contributed by atoms with Crippen LogP contribution in [0.25, 0.3) is 11.2 Å². The lowest BCUT2D eigenvalue weighted by Crippen LogP contribution is -2.37. The number of benzene rings is 2. The van der Waals surface area contributed by atoms with E-state index in [0.29, 0.717) is 28.7 Å². The maximum atomic E-state index is 12.9. The van der Waals surface area contributed by atoms with E-state index < -0.39 is 11.2 Å². The van der Waals surface area contributed by atoms with E-state index in [-0.39, 0.29) is 0 Å². The lowest BCUT2D eigenvalue weighted by atomic mass is 10.1. The van der Waals surface area contributed by atoms with E-state index in [1.807, 2.05) is 43.3 Å². The topological polar surface area (TPSA) is 86.2 Å². The second-order valence-corrected chi connectivity index (χ2v) is 7.74. The Balaban J connectivity index is 1.80. The Labute approximate surface area is 183 Å². The first-order valence-corrected chi connectivity index (χ1v) is 9.99. The summed E-state index contributed by atoms with van der Waals surface area (Å²) in [6.45, 7) is 2.41. The molecule has 0 unspecified atom stereocenters. The minimum Gasteiger partial charge on any atom is -0.298 e. The number of aromatic nitrogens is 4. The number of aryl methyl sites for hydroxylation is 2. The van der Waals surface area contributed by atoms with Crippen molar-refractivity contribution in [1.82, 2.24) is 18.7 Å². The van der Waals surface area contributed by atoms with Crippen molar-refractivity contribution in [2.75, 3.05) is 5.43 Å². The van der Waals surface area contributed by atoms with Gasteiger partial charge in [0, 0.05) is 19.1 Å². The number of imidazole rings is 1. The maximum absolute atomic E-state index is 12.9. The molecule has 2 aromatic carbocycles. The Morgan fingerprint density at radius 2 is 1.71 bits per heavy atom. The third-order valence-electron chi connectivity index (χ3n) is 5.06. The number of hydrogen-bond acceptors (Lipinski definition) is 5. The van der Waals surface area contributed by atoms with Crippen molar-refractivity contribution in [1.29, 1.82) is 0 Å². The Morgan fingerprint density at radius 3 is 2.39 bits per heavy atom. The van der Waals surface area contributed by atoms with Crippen LogP contribution in [0, 0.1) is 6.92 Å². The van der Waals surface area contributed by atoms with Crippen LogP contribution in [0.5, 0.6) is 0 Å². The molecule has 0 spiro atoms. The zero-order chi connectivity index (χ0) is 22.1. The molecule has 9 heteroatoms. The van der Waals surface area contributed by atoms with Gasteiger partial charge in [-0.2, -0.15) is 10.1 Å². The molecule has 0 bridgehead atoms. The van der Waals surface area contributed by atoms with Gasteiger partial charge in [0.1, 0.15) is 0 Å². The summed E-state index contributed by atoms with van der Waals surface area (Å²) < 4.78 is 4.17. The van der Waals surface area contributed by atoms with Crippen LogP contribution in [0.2, 0.25) is 5.02 Å². The number of hydrazone groups is 1. The fourth-order valence-electron chi connectivity index (χ4n) is 3.28. The van der Waals surface area contributed by atoms with Crippen molar-refractivity contribution in [2.45, 2.75) is 13.5 Å². The second-order valence-electron chi connectivity index (χ2n) is 7.31. The van der Waals surface area contributed by atoms with Crippen molar-refractivity contribution in [3.8, 4) is 0 Å². The van der Waals surface area contributed by atoms with E-state index in [4.69, 9.17) is 11.6 Å². The predicted octanol–water partition coefficient (Wildman–Crippen LogP) is 2.89.